The summed E-state index contributed by atoms with van der Waals surface area (Å²) in [4.78, 5) is 16.3. The van der Waals surface area contributed by atoms with Crippen LogP contribution in [0, 0.1) is 0 Å². The van der Waals surface area contributed by atoms with E-state index >= 15 is 0 Å². The van der Waals surface area contributed by atoms with Crippen LogP contribution >= 0.6 is 11.6 Å². The molecule has 1 amide bonds. The number of halogens is 1. The minimum atomic E-state index is -0.252. The molecule has 0 saturated carbocycles. The van der Waals surface area contributed by atoms with Gasteiger partial charge in [-0.15, -0.1) is 0 Å². The quantitative estimate of drug-likeness (QED) is 0.807. The third-order valence-electron chi connectivity index (χ3n) is 3.69. The topological polar surface area (TPSA) is 66.0 Å². The summed E-state index contributed by atoms with van der Waals surface area (Å²) in [6.45, 7) is 0.492. The summed E-state index contributed by atoms with van der Waals surface area (Å²) in [6, 6.07) is 11.2. The Balaban J connectivity index is 1.52. The molecule has 5 nitrogen and oxygen atoms in total. The zero-order chi connectivity index (χ0) is 15.4. The van der Waals surface area contributed by atoms with Gasteiger partial charge >= 0.3 is 0 Å². The highest BCUT2D eigenvalue weighted by Crippen LogP contribution is 2.21. The molecule has 3 rings (SSSR count). The van der Waals surface area contributed by atoms with E-state index in [0.717, 1.165) is 11.1 Å². The number of nitrogens with zero attached hydrogens (tertiary/aromatic N) is 1. The summed E-state index contributed by atoms with van der Waals surface area (Å²) in [5, 5.41) is 3.62. The molecule has 0 spiro atoms. The largest absolute Gasteiger partial charge is 0.351 e. The van der Waals surface area contributed by atoms with Gasteiger partial charge in [-0.2, -0.15) is 0 Å². The molecule has 114 valence electrons. The van der Waals surface area contributed by atoms with Crippen molar-refractivity contribution in [3.63, 3.8) is 0 Å². The van der Waals surface area contributed by atoms with Crippen molar-refractivity contribution < 1.29 is 4.79 Å². The maximum Gasteiger partial charge on any atom is 0.238 e. The Morgan fingerprint density at radius 2 is 2.09 bits per heavy atom. The molecule has 22 heavy (non-hydrogen) atoms. The predicted octanol–water partition coefficient (Wildman–Crippen LogP) is 1.96. The maximum atomic E-state index is 12.2. The Labute approximate surface area is 134 Å². The number of aromatic nitrogens is 1. The number of benzene rings is 1. The first-order valence-electron chi connectivity index (χ1n) is 7.15. The molecule has 1 aliphatic heterocycles. The molecule has 2 heterocycles. The number of carbonyl (C=O) groups excluding carboxylic acids is 1. The lowest BCUT2D eigenvalue weighted by atomic mass is 10.0. The van der Waals surface area contributed by atoms with Crippen LogP contribution in [0.1, 0.15) is 23.6 Å². The van der Waals surface area contributed by atoms with Gasteiger partial charge in [-0.1, -0.05) is 29.8 Å². The van der Waals surface area contributed by atoms with E-state index in [0.29, 0.717) is 18.0 Å². The Kier molecular flexibility index (Phi) is 4.68. The van der Waals surface area contributed by atoms with Crippen LogP contribution in [0.5, 0.6) is 0 Å². The van der Waals surface area contributed by atoms with Crippen LogP contribution in [-0.4, -0.2) is 16.9 Å². The van der Waals surface area contributed by atoms with E-state index in [4.69, 9.17) is 11.6 Å². The lowest BCUT2D eigenvalue weighted by Gasteiger charge is -2.10. The second kappa shape index (κ2) is 6.87. The van der Waals surface area contributed by atoms with Crippen LogP contribution in [0.4, 0.5) is 0 Å². The monoisotopic (exact) mass is 316 g/mol. The fraction of sp³-hybridized carbons (Fsp3) is 0.250. The molecule has 2 aromatic rings. The molecule has 0 bridgehead atoms. The van der Waals surface area contributed by atoms with Gasteiger partial charge in [0.25, 0.3) is 0 Å². The van der Waals surface area contributed by atoms with Crippen molar-refractivity contribution in [1.82, 2.24) is 21.2 Å². The average molecular weight is 317 g/mol. The smallest absolute Gasteiger partial charge is 0.238 e. The third kappa shape index (κ3) is 3.62. The molecule has 1 aliphatic rings. The third-order valence-corrected chi connectivity index (χ3v) is 3.94. The summed E-state index contributed by atoms with van der Waals surface area (Å²) in [7, 11) is 0. The molecule has 1 fully saturated rings. The minimum Gasteiger partial charge on any atom is -0.351 e. The van der Waals surface area contributed by atoms with Crippen molar-refractivity contribution in [2.75, 3.05) is 0 Å². The van der Waals surface area contributed by atoms with Crippen LogP contribution in [0.2, 0.25) is 5.02 Å². The van der Waals surface area contributed by atoms with Gasteiger partial charge in [0.2, 0.25) is 5.91 Å². The second-order valence-electron chi connectivity index (χ2n) is 5.26. The van der Waals surface area contributed by atoms with Crippen molar-refractivity contribution in [1.29, 1.82) is 0 Å². The molecule has 1 aromatic carbocycles. The minimum absolute atomic E-state index is 0.0196. The van der Waals surface area contributed by atoms with Crippen LogP contribution in [0.15, 0.2) is 48.8 Å². The summed E-state index contributed by atoms with van der Waals surface area (Å²) < 4.78 is 0. The SMILES string of the molecule is O=C(NCc1ccc(Cl)cc1)C1CC(c2cccnc2)NN1. The molecule has 0 aliphatic carbocycles. The Bertz CT molecular complexity index is 632. The van der Waals surface area contributed by atoms with Crippen LogP contribution in [-0.2, 0) is 11.3 Å². The Morgan fingerprint density at radius 1 is 1.27 bits per heavy atom. The van der Waals surface area contributed by atoms with Crippen molar-refractivity contribution in [2.45, 2.75) is 25.0 Å². The summed E-state index contributed by atoms with van der Waals surface area (Å²) in [5.74, 6) is -0.0196. The zero-order valence-electron chi connectivity index (χ0n) is 11.9. The van der Waals surface area contributed by atoms with Crippen LogP contribution in [0.3, 0.4) is 0 Å². The number of amides is 1. The molecule has 2 atom stereocenters. The number of hydrogen-bond donors (Lipinski definition) is 3. The molecule has 3 N–H and O–H groups in total. The predicted molar refractivity (Wildman–Crippen MR) is 85.0 cm³/mol. The molecule has 2 unspecified atom stereocenters. The van der Waals surface area contributed by atoms with E-state index in [2.05, 4.69) is 21.2 Å². The maximum absolute atomic E-state index is 12.2. The number of pyridine rings is 1. The van der Waals surface area contributed by atoms with Gasteiger partial charge in [0, 0.05) is 30.0 Å². The number of hydrazine groups is 1. The van der Waals surface area contributed by atoms with E-state index in [1.165, 1.54) is 0 Å². The van der Waals surface area contributed by atoms with Crippen LogP contribution in [0.25, 0.3) is 0 Å². The molecule has 0 radical (unpaired) electrons. The fourth-order valence-electron chi connectivity index (χ4n) is 2.44. The molecule has 1 saturated heterocycles. The number of nitrogens with one attached hydrogen (secondary N) is 3. The van der Waals surface area contributed by atoms with Gasteiger partial charge in [-0.05, 0) is 35.7 Å². The van der Waals surface area contributed by atoms with E-state index in [9.17, 15) is 4.79 Å². The van der Waals surface area contributed by atoms with Crippen molar-refractivity contribution in [2.24, 2.45) is 0 Å². The molecular weight excluding hydrogens is 300 g/mol. The van der Waals surface area contributed by atoms with E-state index in [1.54, 1.807) is 6.20 Å². The molecular formula is C16H17ClN4O. The van der Waals surface area contributed by atoms with Crippen molar-refractivity contribution in [3.8, 4) is 0 Å². The van der Waals surface area contributed by atoms with E-state index < -0.39 is 0 Å². The van der Waals surface area contributed by atoms with Gasteiger partial charge in [0.05, 0.1) is 0 Å². The first-order valence-corrected chi connectivity index (χ1v) is 7.53. The fourth-order valence-corrected chi connectivity index (χ4v) is 2.57. The average Bonchev–Trinajstić information content (AvgIpc) is 3.05. The van der Waals surface area contributed by atoms with Crippen LogP contribution < -0.4 is 16.2 Å². The standard InChI is InChI=1S/C16H17ClN4O/c17-13-5-3-11(4-6-13)9-19-16(22)15-8-14(20-21-15)12-2-1-7-18-10-12/h1-7,10,14-15,20-21H,8-9H2,(H,19,22). The zero-order valence-corrected chi connectivity index (χ0v) is 12.7. The van der Waals surface area contributed by atoms with E-state index in [-0.39, 0.29) is 18.0 Å². The highest BCUT2D eigenvalue weighted by Gasteiger charge is 2.29. The van der Waals surface area contributed by atoms with Gasteiger partial charge < -0.3 is 5.32 Å². The highest BCUT2D eigenvalue weighted by atomic mass is 35.5. The summed E-state index contributed by atoms with van der Waals surface area (Å²) in [5.41, 5.74) is 8.27. The lowest BCUT2D eigenvalue weighted by Crippen LogP contribution is -2.42. The highest BCUT2D eigenvalue weighted by molar-refractivity contribution is 6.30. The lowest BCUT2D eigenvalue weighted by molar-refractivity contribution is -0.123. The first kappa shape index (κ1) is 15.0. The van der Waals surface area contributed by atoms with Gasteiger partial charge in [-0.25, -0.2) is 10.9 Å². The van der Waals surface area contributed by atoms with Crippen molar-refractivity contribution in [3.05, 3.63) is 64.9 Å². The Morgan fingerprint density at radius 3 is 2.82 bits per heavy atom. The van der Waals surface area contributed by atoms with E-state index in [1.807, 2.05) is 42.6 Å². The first-order chi connectivity index (χ1) is 10.7. The van der Waals surface area contributed by atoms with Gasteiger partial charge in [-0.3, -0.25) is 9.78 Å². The summed E-state index contributed by atoms with van der Waals surface area (Å²) in [6.07, 6.45) is 4.24. The van der Waals surface area contributed by atoms with Gasteiger partial charge in [0.1, 0.15) is 6.04 Å². The molecule has 6 heteroatoms. The summed E-state index contributed by atoms with van der Waals surface area (Å²) >= 11 is 5.84. The van der Waals surface area contributed by atoms with Gasteiger partial charge in [0.15, 0.2) is 0 Å². The molecule has 1 aromatic heterocycles. The number of carbonyl (C=O) groups is 1. The number of hydrogen-bond acceptors (Lipinski definition) is 4. The Hall–Kier alpha value is -1.95. The number of rotatable bonds is 4. The van der Waals surface area contributed by atoms with Crippen molar-refractivity contribution >= 4 is 17.5 Å². The normalized spacial score (nSPS) is 20.8. The second-order valence-corrected chi connectivity index (χ2v) is 5.70.